The van der Waals surface area contributed by atoms with Gasteiger partial charge in [-0.15, -0.1) is 0 Å². The molecule has 53 heavy (non-hydrogen) atoms. The summed E-state index contributed by atoms with van der Waals surface area (Å²) in [5, 5.41) is 75.6. The molecule has 0 saturated heterocycles. The third-order valence-corrected chi connectivity index (χ3v) is 8.16. The molecule has 0 aliphatic rings. The molecule has 17 nitrogen and oxygen atoms in total. The SMILES string of the molecule is O=C(CC(O)(CC(=O)NCCCCNCCCCNC(=O)c1cccc(O)c1O)C(=O)O)NCCCCNCCCCNC(=O)c1cccc(O)c1O. The van der Waals surface area contributed by atoms with E-state index >= 15 is 0 Å². The highest BCUT2D eigenvalue weighted by Gasteiger charge is 2.40. The van der Waals surface area contributed by atoms with Crippen LogP contribution < -0.4 is 31.9 Å². The zero-order valence-electron chi connectivity index (χ0n) is 29.9. The minimum atomic E-state index is -2.54. The molecule has 294 valence electrons. The van der Waals surface area contributed by atoms with E-state index in [1.807, 2.05) is 0 Å². The Hall–Kier alpha value is -5.13. The summed E-state index contributed by atoms with van der Waals surface area (Å²) in [6.45, 7) is 4.09. The highest BCUT2D eigenvalue weighted by atomic mass is 16.4. The Bertz CT molecular complexity index is 1390. The molecule has 0 bridgehead atoms. The van der Waals surface area contributed by atoms with Gasteiger partial charge in [0.2, 0.25) is 11.8 Å². The summed E-state index contributed by atoms with van der Waals surface area (Å²) in [6.07, 6.45) is 4.10. The maximum Gasteiger partial charge on any atom is 0.336 e. The fourth-order valence-corrected chi connectivity index (χ4v) is 5.10. The number of aliphatic hydroxyl groups is 1. The molecular formula is C36H54N6O11. The van der Waals surface area contributed by atoms with Gasteiger partial charge < -0.3 is 62.5 Å². The van der Waals surface area contributed by atoms with E-state index < -0.39 is 59.5 Å². The van der Waals surface area contributed by atoms with Gasteiger partial charge >= 0.3 is 5.97 Å². The van der Waals surface area contributed by atoms with Gasteiger partial charge in [0.05, 0.1) is 24.0 Å². The van der Waals surface area contributed by atoms with Crippen molar-refractivity contribution in [2.75, 3.05) is 52.4 Å². The Morgan fingerprint density at radius 1 is 0.491 bits per heavy atom. The summed E-state index contributed by atoms with van der Waals surface area (Å²) < 4.78 is 0. The zero-order valence-corrected chi connectivity index (χ0v) is 29.9. The minimum absolute atomic E-state index is 0.00449. The number of unbranched alkanes of at least 4 members (excludes halogenated alkanes) is 4. The van der Waals surface area contributed by atoms with E-state index in [9.17, 15) is 54.6 Å². The number of aliphatic carboxylic acids is 1. The number of hydrogen-bond donors (Lipinski definition) is 12. The molecule has 0 aliphatic carbocycles. The highest BCUT2D eigenvalue weighted by molar-refractivity contribution is 5.98. The van der Waals surface area contributed by atoms with E-state index in [1.54, 1.807) is 0 Å². The molecule has 12 N–H and O–H groups in total. The number of benzene rings is 2. The average molecular weight is 747 g/mol. The molecule has 0 aliphatic heterocycles. The number of para-hydroxylation sites is 2. The summed E-state index contributed by atoms with van der Waals surface area (Å²) in [4.78, 5) is 60.6. The number of phenols is 4. The fraction of sp³-hybridized carbons (Fsp3) is 0.528. The first-order valence-corrected chi connectivity index (χ1v) is 17.8. The van der Waals surface area contributed by atoms with Gasteiger partial charge in [0.15, 0.2) is 28.6 Å². The van der Waals surface area contributed by atoms with Crippen molar-refractivity contribution in [1.82, 2.24) is 31.9 Å². The first-order valence-electron chi connectivity index (χ1n) is 17.8. The molecule has 2 aromatic carbocycles. The number of phenolic OH excluding ortho intramolecular Hbond substituents is 4. The highest BCUT2D eigenvalue weighted by Crippen LogP contribution is 2.28. The largest absolute Gasteiger partial charge is 0.504 e. The maximum atomic E-state index is 12.3. The van der Waals surface area contributed by atoms with E-state index in [0.717, 1.165) is 25.7 Å². The molecular weight excluding hydrogens is 692 g/mol. The number of aromatic hydroxyl groups is 4. The quantitative estimate of drug-likeness (QED) is 0.0446. The summed E-state index contributed by atoms with van der Waals surface area (Å²) >= 11 is 0. The second kappa shape index (κ2) is 24.2. The Balaban J connectivity index is 1.45. The van der Waals surface area contributed by atoms with Crippen molar-refractivity contribution in [2.45, 2.75) is 69.8 Å². The van der Waals surface area contributed by atoms with Crippen LogP contribution >= 0.6 is 0 Å². The van der Waals surface area contributed by atoms with Crippen LogP contribution in [-0.4, -0.2) is 118 Å². The molecule has 0 atom stereocenters. The van der Waals surface area contributed by atoms with Crippen LogP contribution in [0.2, 0.25) is 0 Å². The Morgan fingerprint density at radius 2 is 0.811 bits per heavy atom. The van der Waals surface area contributed by atoms with Crippen molar-refractivity contribution in [3.8, 4) is 23.0 Å². The molecule has 0 radical (unpaired) electrons. The van der Waals surface area contributed by atoms with Crippen molar-refractivity contribution in [3.05, 3.63) is 47.5 Å². The number of carbonyl (C=O) groups excluding carboxylic acids is 4. The summed E-state index contributed by atoms with van der Waals surface area (Å²) in [6, 6.07) is 8.35. The van der Waals surface area contributed by atoms with Gasteiger partial charge in [-0.3, -0.25) is 19.2 Å². The van der Waals surface area contributed by atoms with Gasteiger partial charge in [0.25, 0.3) is 11.8 Å². The lowest BCUT2D eigenvalue weighted by atomic mass is 9.94. The van der Waals surface area contributed by atoms with Crippen molar-refractivity contribution >= 4 is 29.6 Å². The Morgan fingerprint density at radius 3 is 1.15 bits per heavy atom. The molecule has 4 amide bonds. The fourth-order valence-electron chi connectivity index (χ4n) is 5.10. The first kappa shape index (κ1) is 44.0. The number of rotatable bonds is 27. The molecule has 2 aromatic rings. The molecule has 17 heteroatoms. The number of amides is 4. The number of carboxylic acid groups (broad SMARTS) is 1. The lowest BCUT2D eigenvalue weighted by molar-refractivity contribution is -0.164. The predicted molar refractivity (Wildman–Crippen MR) is 195 cm³/mol. The van der Waals surface area contributed by atoms with Crippen LogP contribution in [0.3, 0.4) is 0 Å². The van der Waals surface area contributed by atoms with Crippen LogP contribution in [-0.2, 0) is 14.4 Å². The van der Waals surface area contributed by atoms with E-state index in [-0.39, 0.29) is 35.7 Å². The van der Waals surface area contributed by atoms with Gasteiger partial charge in [0.1, 0.15) is 0 Å². The second-order valence-corrected chi connectivity index (χ2v) is 12.6. The lowest BCUT2D eigenvalue weighted by Crippen LogP contribution is -2.47. The van der Waals surface area contributed by atoms with Crippen LogP contribution in [0.15, 0.2) is 36.4 Å². The average Bonchev–Trinajstić information content (AvgIpc) is 3.11. The van der Waals surface area contributed by atoms with Crippen LogP contribution in [0, 0.1) is 0 Å². The van der Waals surface area contributed by atoms with Gasteiger partial charge in [-0.1, -0.05) is 12.1 Å². The zero-order chi connectivity index (χ0) is 39.1. The van der Waals surface area contributed by atoms with Crippen LogP contribution in [0.1, 0.15) is 84.9 Å². The number of hydrogen-bond acceptors (Lipinski definition) is 12. The Labute approximate surface area is 308 Å². The molecule has 0 saturated carbocycles. The Kier molecular flexibility index (Phi) is 20.1. The first-order chi connectivity index (χ1) is 25.4. The van der Waals surface area contributed by atoms with E-state index in [2.05, 4.69) is 31.9 Å². The second-order valence-electron chi connectivity index (χ2n) is 12.6. The minimum Gasteiger partial charge on any atom is -0.504 e. The molecule has 0 aromatic heterocycles. The molecule has 0 heterocycles. The van der Waals surface area contributed by atoms with Crippen molar-refractivity contribution in [1.29, 1.82) is 0 Å². The van der Waals surface area contributed by atoms with Gasteiger partial charge in [-0.05, 0) is 102 Å². The molecule has 0 unspecified atom stereocenters. The standard InChI is InChI=1S/C36H54N6O11/c43-27-13-9-11-25(31(27)47)33(49)41-21-7-3-17-37-15-1-5-19-39-29(45)23-36(53,35(51)52)24-30(46)40-20-6-2-16-38-18-4-8-22-42-34(50)26-12-10-14-28(44)32(26)48/h9-14,37-38,43-44,47-48,53H,1-8,15-24H2,(H,39,45)(H,40,46)(H,41,49)(H,42,50)(H,51,52). The van der Waals surface area contributed by atoms with E-state index in [4.69, 9.17) is 0 Å². The van der Waals surface area contributed by atoms with Gasteiger partial charge in [-0.25, -0.2) is 4.79 Å². The van der Waals surface area contributed by atoms with E-state index in [1.165, 1.54) is 36.4 Å². The number of nitrogens with one attached hydrogen (secondary N) is 6. The van der Waals surface area contributed by atoms with Gasteiger partial charge in [-0.2, -0.15) is 0 Å². The van der Waals surface area contributed by atoms with Crippen LogP contribution in [0.4, 0.5) is 0 Å². The van der Waals surface area contributed by atoms with Crippen LogP contribution in [0.25, 0.3) is 0 Å². The van der Waals surface area contributed by atoms with Crippen molar-refractivity contribution < 1.29 is 54.6 Å². The lowest BCUT2D eigenvalue weighted by Gasteiger charge is -2.22. The molecule has 2 rings (SSSR count). The topological polar surface area (TPSA) is 279 Å². The summed E-state index contributed by atoms with van der Waals surface area (Å²) in [5.41, 5.74) is -2.53. The number of carbonyl (C=O) groups is 5. The molecule has 0 fully saturated rings. The third-order valence-electron chi connectivity index (χ3n) is 8.16. The predicted octanol–water partition coefficient (Wildman–Crippen LogP) is 0.797. The van der Waals surface area contributed by atoms with Gasteiger partial charge in [0, 0.05) is 26.2 Å². The molecule has 0 spiro atoms. The smallest absolute Gasteiger partial charge is 0.336 e. The van der Waals surface area contributed by atoms with E-state index in [0.29, 0.717) is 65.0 Å². The third kappa shape index (κ3) is 16.8. The van der Waals surface area contributed by atoms with Crippen LogP contribution in [0.5, 0.6) is 23.0 Å². The normalized spacial score (nSPS) is 11.1. The summed E-state index contributed by atoms with van der Waals surface area (Å²) in [7, 11) is 0. The van der Waals surface area contributed by atoms with Crippen molar-refractivity contribution in [3.63, 3.8) is 0 Å². The monoisotopic (exact) mass is 746 g/mol. The maximum absolute atomic E-state index is 12.3. The number of carboxylic acids is 1. The van der Waals surface area contributed by atoms with Crippen molar-refractivity contribution in [2.24, 2.45) is 0 Å². The summed E-state index contributed by atoms with van der Waals surface area (Å²) in [5.74, 6) is -5.60.